The molecule has 3 aromatic rings. The molecule has 0 amide bonds. The van der Waals surface area contributed by atoms with Crippen molar-refractivity contribution < 1.29 is 4.79 Å². The topological polar surface area (TPSA) is 30.0 Å². The van der Waals surface area contributed by atoms with Crippen LogP contribution in [0.2, 0.25) is 0 Å². The van der Waals surface area contributed by atoms with Crippen LogP contribution in [0.25, 0.3) is 16.8 Å². The number of carbonyl (C=O) groups excluding carboxylic acids is 1. The van der Waals surface area contributed by atoms with Crippen molar-refractivity contribution in [1.29, 1.82) is 0 Å². The molecule has 0 N–H and O–H groups in total. The summed E-state index contributed by atoms with van der Waals surface area (Å²) in [7, 11) is 0. The van der Waals surface area contributed by atoms with E-state index < -0.39 is 0 Å². The Morgan fingerprint density at radius 1 is 0.909 bits per heavy atom. The van der Waals surface area contributed by atoms with Gasteiger partial charge in [0.05, 0.1) is 0 Å². The van der Waals surface area contributed by atoms with E-state index in [4.69, 9.17) is 0 Å². The zero-order chi connectivity index (χ0) is 14.9. The highest BCUT2D eigenvalue weighted by Gasteiger charge is 2.21. The molecule has 1 heterocycles. The number of benzene rings is 2. The maximum atomic E-state index is 12.7. The summed E-state index contributed by atoms with van der Waals surface area (Å²) in [6, 6.07) is 16.0. The van der Waals surface area contributed by atoms with Gasteiger partial charge in [0.15, 0.2) is 5.78 Å². The van der Waals surface area contributed by atoms with Crippen LogP contribution in [-0.2, 0) is 6.42 Å². The molecule has 2 nitrogen and oxygen atoms in total. The van der Waals surface area contributed by atoms with E-state index in [2.05, 4.69) is 11.1 Å². The van der Waals surface area contributed by atoms with Crippen LogP contribution in [-0.4, -0.2) is 10.8 Å². The van der Waals surface area contributed by atoms with Crippen LogP contribution in [0.3, 0.4) is 0 Å². The Bertz CT molecular complexity index is 903. The molecule has 0 bridgehead atoms. The minimum absolute atomic E-state index is 0.148. The third kappa shape index (κ3) is 2.13. The molecular formula is C20H15NO. The van der Waals surface area contributed by atoms with Gasteiger partial charge < -0.3 is 0 Å². The van der Waals surface area contributed by atoms with E-state index in [1.165, 1.54) is 0 Å². The normalized spacial score (nSPS) is 16.0. The van der Waals surface area contributed by atoms with Gasteiger partial charge in [-0.2, -0.15) is 0 Å². The van der Waals surface area contributed by atoms with Crippen molar-refractivity contribution in [2.75, 3.05) is 0 Å². The number of allylic oxidation sites excluding steroid dienone is 1. The highest BCUT2D eigenvalue weighted by Crippen LogP contribution is 2.28. The number of Topliss-reactive ketones (excluding diaryl/α,β-unsaturated/α-hetero) is 1. The lowest BCUT2D eigenvalue weighted by atomic mass is 9.86. The van der Waals surface area contributed by atoms with Crippen LogP contribution in [0.4, 0.5) is 0 Å². The van der Waals surface area contributed by atoms with Gasteiger partial charge in [-0.25, -0.2) is 0 Å². The first-order valence-electron chi connectivity index (χ1n) is 7.49. The average Bonchev–Trinajstić information content (AvgIpc) is 2.58. The van der Waals surface area contributed by atoms with Crippen LogP contribution < -0.4 is 0 Å². The molecule has 0 spiro atoms. The number of nitrogens with zero attached hydrogens (tertiary/aromatic N) is 1. The van der Waals surface area contributed by atoms with E-state index in [0.29, 0.717) is 0 Å². The average molecular weight is 285 g/mol. The predicted octanol–water partition coefficient (Wildman–Crippen LogP) is 4.45. The van der Waals surface area contributed by atoms with Gasteiger partial charge in [0, 0.05) is 34.5 Å². The summed E-state index contributed by atoms with van der Waals surface area (Å²) >= 11 is 0. The molecule has 1 aliphatic rings. The number of carbonyl (C=O) groups is 1. The summed E-state index contributed by atoms with van der Waals surface area (Å²) in [5.41, 5.74) is 3.88. The highest BCUT2D eigenvalue weighted by atomic mass is 16.1. The third-order valence-corrected chi connectivity index (χ3v) is 4.25. The second-order valence-corrected chi connectivity index (χ2v) is 5.61. The van der Waals surface area contributed by atoms with Crippen molar-refractivity contribution in [3.8, 4) is 0 Å². The van der Waals surface area contributed by atoms with Gasteiger partial charge in [0.2, 0.25) is 0 Å². The monoisotopic (exact) mass is 285 g/mol. The van der Waals surface area contributed by atoms with Gasteiger partial charge in [0.1, 0.15) is 0 Å². The predicted molar refractivity (Wildman–Crippen MR) is 88.8 cm³/mol. The Balaban J connectivity index is 1.82. The second kappa shape index (κ2) is 5.23. The quantitative estimate of drug-likeness (QED) is 0.618. The lowest BCUT2D eigenvalue weighted by Crippen LogP contribution is -2.13. The molecule has 0 fully saturated rings. The van der Waals surface area contributed by atoms with Crippen molar-refractivity contribution in [2.45, 2.75) is 12.8 Å². The van der Waals surface area contributed by atoms with Crippen molar-refractivity contribution in [1.82, 2.24) is 4.98 Å². The molecule has 4 rings (SSSR count). The lowest BCUT2D eigenvalue weighted by Gasteiger charge is -2.17. The molecule has 1 aromatic heterocycles. The van der Waals surface area contributed by atoms with Crippen molar-refractivity contribution in [3.63, 3.8) is 0 Å². The van der Waals surface area contributed by atoms with Crippen LogP contribution >= 0.6 is 0 Å². The molecule has 106 valence electrons. The van der Waals surface area contributed by atoms with Crippen LogP contribution in [0.1, 0.15) is 27.9 Å². The van der Waals surface area contributed by atoms with Crippen molar-refractivity contribution in [3.05, 3.63) is 83.2 Å². The van der Waals surface area contributed by atoms with Crippen LogP contribution in [0.15, 0.2) is 66.5 Å². The Morgan fingerprint density at radius 2 is 1.73 bits per heavy atom. The Morgan fingerprint density at radius 3 is 2.68 bits per heavy atom. The van der Waals surface area contributed by atoms with E-state index in [9.17, 15) is 4.79 Å². The first-order chi connectivity index (χ1) is 10.8. The molecular weight excluding hydrogens is 270 g/mol. The van der Waals surface area contributed by atoms with Crippen LogP contribution in [0, 0.1) is 0 Å². The zero-order valence-corrected chi connectivity index (χ0v) is 12.1. The lowest BCUT2D eigenvalue weighted by molar-refractivity contribution is 0.102. The first kappa shape index (κ1) is 13.0. The third-order valence-electron chi connectivity index (χ3n) is 4.25. The smallest absolute Gasteiger partial charge is 0.189 e. The SMILES string of the molecule is O=C1/C(=C\c2cncc3ccccc23)CCc2ccccc21. The summed E-state index contributed by atoms with van der Waals surface area (Å²) in [5.74, 6) is 0.148. The number of pyridine rings is 1. The van der Waals surface area contributed by atoms with Gasteiger partial charge in [-0.15, -0.1) is 0 Å². The molecule has 22 heavy (non-hydrogen) atoms. The van der Waals surface area contributed by atoms with Gasteiger partial charge in [-0.3, -0.25) is 9.78 Å². The Kier molecular flexibility index (Phi) is 3.08. The summed E-state index contributed by atoms with van der Waals surface area (Å²) in [6.45, 7) is 0. The fraction of sp³-hybridized carbons (Fsp3) is 0.100. The van der Waals surface area contributed by atoms with Crippen molar-refractivity contribution in [2.24, 2.45) is 0 Å². The van der Waals surface area contributed by atoms with E-state index in [0.717, 1.165) is 45.9 Å². The van der Waals surface area contributed by atoms with E-state index in [1.807, 2.05) is 60.9 Å². The molecule has 0 saturated carbocycles. The number of ketones is 1. The largest absolute Gasteiger partial charge is 0.289 e. The van der Waals surface area contributed by atoms with Gasteiger partial charge >= 0.3 is 0 Å². The maximum Gasteiger partial charge on any atom is 0.189 e. The number of rotatable bonds is 1. The number of fused-ring (bicyclic) bond motifs is 2. The van der Waals surface area contributed by atoms with E-state index in [-0.39, 0.29) is 5.78 Å². The molecule has 0 aliphatic heterocycles. The summed E-state index contributed by atoms with van der Waals surface area (Å²) < 4.78 is 0. The maximum absolute atomic E-state index is 12.7. The molecule has 1 aliphatic carbocycles. The fourth-order valence-electron chi connectivity index (χ4n) is 3.10. The molecule has 0 unspecified atom stereocenters. The number of aryl methyl sites for hydroxylation is 1. The minimum atomic E-state index is 0.148. The van der Waals surface area contributed by atoms with E-state index >= 15 is 0 Å². The zero-order valence-electron chi connectivity index (χ0n) is 12.1. The highest BCUT2D eigenvalue weighted by molar-refractivity contribution is 6.13. The minimum Gasteiger partial charge on any atom is -0.289 e. The standard InChI is InChI=1S/C20H15NO/c22-20-15(10-9-14-5-1-4-8-19(14)20)11-17-13-21-12-16-6-2-3-7-18(16)17/h1-8,11-13H,9-10H2/b15-11-. The number of hydrogen-bond acceptors (Lipinski definition) is 2. The molecule has 0 saturated heterocycles. The van der Waals surface area contributed by atoms with Gasteiger partial charge in [-0.05, 0) is 29.9 Å². The Labute approximate surface area is 129 Å². The number of aromatic nitrogens is 1. The van der Waals surface area contributed by atoms with Crippen LogP contribution in [0.5, 0.6) is 0 Å². The fourth-order valence-corrected chi connectivity index (χ4v) is 3.10. The van der Waals surface area contributed by atoms with Gasteiger partial charge in [-0.1, -0.05) is 48.5 Å². The molecule has 2 heteroatoms. The van der Waals surface area contributed by atoms with E-state index in [1.54, 1.807) is 0 Å². The summed E-state index contributed by atoms with van der Waals surface area (Å²) in [6.07, 6.45) is 7.41. The summed E-state index contributed by atoms with van der Waals surface area (Å²) in [4.78, 5) is 17.0. The summed E-state index contributed by atoms with van der Waals surface area (Å²) in [5, 5.41) is 2.23. The number of hydrogen-bond donors (Lipinski definition) is 0. The molecule has 0 radical (unpaired) electrons. The first-order valence-corrected chi connectivity index (χ1v) is 7.49. The van der Waals surface area contributed by atoms with Gasteiger partial charge in [0.25, 0.3) is 0 Å². The molecule has 0 atom stereocenters. The molecule has 2 aromatic carbocycles. The second-order valence-electron chi connectivity index (χ2n) is 5.61. The van der Waals surface area contributed by atoms with Crippen molar-refractivity contribution >= 4 is 22.6 Å². The Hall–Kier alpha value is -2.74.